The zero-order valence-electron chi connectivity index (χ0n) is 12.4. The van der Waals surface area contributed by atoms with E-state index in [4.69, 9.17) is 3.63 Å². The maximum atomic E-state index is 13.0. The van der Waals surface area contributed by atoms with Crippen molar-refractivity contribution in [1.82, 2.24) is 0 Å². The molecule has 0 atom stereocenters. The Balaban J connectivity index is 2.21. The van der Waals surface area contributed by atoms with Crippen LogP contribution in [-0.4, -0.2) is 19.2 Å². The summed E-state index contributed by atoms with van der Waals surface area (Å²) in [6.45, 7) is 0. The van der Waals surface area contributed by atoms with Gasteiger partial charge in [-0.25, -0.2) is 3.63 Å². The Morgan fingerprint density at radius 3 is 1.58 bits per heavy atom. The number of alkyl halides is 3. The van der Waals surface area contributed by atoms with E-state index >= 15 is 0 Å². The van der Waals surface area contributed by atoms with E-state index in [2.05, 4.69) is 0 Å². The predicted molar refractivity (Wildman–Crippen MR) is 86.1 cm³/mol. The molecule has 1 saturated carbocycles. The summed E-state index contributed by atoms with van der Waals surface area (Å²) in [6, 6.07) is 16.7. The Morgan fingerprint density at radius 2 is 1.25 bits per heavy atom. The molecule has 0 bridgehead atoms. The lowest BCUT2D eigenvalue weighted by Gasteiger charge is -2.39. The van der Waals surface area contributed by atoms with Gasteiger partial charge in [0, 0.05) is 15.0 Å². The van der Waals surface area contributed by atoms with E-state index in [1.165, 1.54) is 0 Å². The van der Waals surface area contributed by atoms with Crippen molar-refractivity contribution in [2.75, 3.05) is 0 Å². The molecule has 0 heterocycles. The van der Waals surface area contributed by atoms with Crippen LogP contribution in [0.15, 0.2) is 70.5 Å². The van der Waals surface area contributed by atoms with Gasteiger partial charge in [0.15, 0.2) is 0 Å². The Morgan fingerprint density at radius 1 is 0.833 bits per heavy atom. The van der Waals surface area contributed by atoms with Gasteiger partial charge in [-0.05, 0) is 37.1 Å². The van der Waals surface area contributed by atoms with Crippen molar-refractivity contribution in [1.29, 1.82) is 0 Å². The Labute approximate surface area is 140 Å². The normalized spacial score (nSPS) is 16.8. The van der Waals surface area contributed by atoms with E-state index in [9.17, 15) is 21.6 Å². The molecule has 2 aromatic rings. The van der Waals surface area contributed by atoms with Gasteiger partial charge in [-0.2, -0.15) is 21.6 Å². The maximum Gasteiger partial charge on any atom is 0.523 e. The van der Waals surface area contributed by atoms with Gasteiger partial charge in [0.25, 0.3) is 0 Å². The fraction of sp³-hybridized carbons (Fsp3) is 0.250. The molecule has 1 fully saturated rings. The SMILES string of the molecule is O=S(=O)(OS(c1ccccc1)(c1ccccc1)C1CC1)C(F)(F)F. The van der Waals surface area contributed by atoms with Gasteiger partial charge < -0.3 is 0 Å². The fourth-order valence-electron chi connectivity index (χ4n) is 2.48. The van der Waals surface area contributed by atoms with Gasteiger partial charge >= 0.3 is 15.6 Å². The van der Waals surface area contributed by atoms with Gasteiger partial charge in [0.1, 0.15) is 0 Å². The van der Waals surface area contributed by atoms with Crippen LogP contribution in [-0.2, 0) is 13.7 Å². The van der Waals surface area contributed by atoms with Gasteiger partial charge in [-0.1, -0.05) is 46.7 Å². The number of halogens is 3. The van der Waals surface area contributed by atoms with E-state index in [-0.39, 0.29) is 5.25 Å². The van der Waals surface area contributed by atoms with Crippen molar-refractivity contribution in [3.63, 3.8) is 0 Å². The molecule has 0 unspecified atom stereocenters. The first-order chi connectivity index (χ1) is 11.3. The zero-order chi connectivity index (χ0) is 17.4. The smallest absolute Gasteiger partial charge is 0.204 e. The van der Waals surface area contributed by atoms with Gasteiger partial charge in [0.05, 0.1) is 0 Å². The Hall–Kier alpha value is -1.51. The minimum Gasteiger partial charge on any atom is -0.204 e. The van der Waals surface area contributed by atoms with Crippen LogP contribution in [0.1, 0.15) is 12.8 Å². The number of benzene rings is 2. The average molecular weight is 376 g/mol. The summed E-state index contributed by atoms with van der Waals surface area (Å²) in [7, 11) is -8.53. The maximum absolute atomic E-state index is 13.0. The van der Waals surface area contributed by atoms with Gasteiger partial charge in [-0.3, -0.25) is 0 Å². The van der Waals surface area contributed by atoms with Crippen molar-refractivity contribution in [2.45, 2.75) is 33.4 Å². The zero-order valence-corrected chi connectivity index (χ0v) is 14.1. The second-order valence-corrected chi connectivity index (χ2v) is 10.1. The van der Waals surface area contributed by atoms with Crippen molar-refractivity contribution >= 4 is 20.4 Å². The molecular formula is C16H15F3O3S2. The molecule has 8 heteroatoms. The van der Waals surface area contributed by atoms with E-state index in [1.807, 2.05) is 0 Å². The Kier molecular flexibility index (Phi) is 4.39. The van der Waals surface area contributed by atoms with E-state index in [1.54, 1.807) is 60.7 Å². The second-order valence-electron chi connectivity index (χ2n) is 5.39. The van der Waals surface area contributed by atoms with E-state index < -0.39 is 25.9 Å². The highest BCUT2D eigenvalue weighted by Gasteiger charge is 2.55. The summed E-state index contributed by atoms with van der Waals surface area (Å²) in [5, 5.41) is -0.251. The molecule has 0 N–H and O–H groups in total. The topological polar surface area (TPSA) is 43.4 Å². The quantitative estimate of drug-likeness (QED) is 0.701. The van der Waals surface area contributed by atoms with Crippen molar-refractivity contribution < 1.29 is 25.2 Å². The lowest BCUT2D eigenvalue weighted by Crippen LogP contribution is -2.28. The molecule has 130 valence electrons. The molecule has 0 radical (unpaired) electrons. The predicted octanol–water partition coefficient (Wildman–Crippen LogP) is 4.85. The second kappa shape index (κ2) is 6.09. The van der Waals surface area contributed by atoms with Crippen LogP contribution in [0.25, 0.3) is 0 Å². The first-order valence-electron chi connectivity index (χ1n) is 7.22. The average Bonchev–Trinajstić information content (AvgIpc) is 3.38. The molecule has 1 aliphatic carbocycles. The van der Waals surface area contributed by atoms with Gasteiger partial charge in [0.2, 0.25) is 0 Å². The van der Waals surface area contributed by atoms with Crippen molar-refractivity contribution in [3.8, 4) is 0 Å². The molecular weight excluding hydrogens is 361 g/mol. The molecule has 0 aromatic heterocycles. The minimum absolute atomic E-state index is 0.251. The number of hydrogen-bond acceptors (Lipinski definition) is 3. The molecule has 1 aliphatic rings. The highest BCUT2D eigenvalue weighted by Crippen LogP contribution is 2.73. The van der Waals surface area contributed by atoms with Crippen molar-refractivity contribution in [2.24, 2.45) is 0 Å². The van der Waals surface area contributed by atoms with Gasteiger partial charge in [-0.15, -0.1) is 0 Å². The standard InChI is InChI=1S/C16H15F3O3S2/c17-16(18,19)24(20,21)22-23(15-11-12-15,13-7-3-1-4-8-13)14-9-5-2-6-10-14/h1-10,15H,11-12H2. The molecule has 0 saturated heterocycles. The molecule has 24 heavy (non-hydrogen) atoms. The third-order valence-corrected chi connectivity index (χ3v) is 9.16. The van der Waals surface area contributed by atoms with E-state index in [0.29, 0.717) is 22.6 Å². The summed E-state index contributed by atoms with van der Waals surface area (Å²) >= 11 is 0. The van der Waals surface area contributed by atoms with Crippen molar-refractivity contribution in [3.05, 3.63) is 60.7 Å². The molecule has 2 aromatic carbocycles. The van der Waals surface area contributed by atoms with Crippen LogP contribution >= 0.6 is 10.3 Å². The van der Waals surface area contributed by atoms with Crippen LogP contribution in [0, 0.1) is 0 Å². The summed E-state index contributed by atoms with van der Waals surface area (Å²) in [5.41, 5.74) is -5.45. The summed E-state index contributed by atoms with van der Waals surface area (Å²) in [5.74, 6) is 0. The van der Waals surface area contributed by atoms with Crippen LogP contribution in [0.3, 0.4) is 0 Å². The molecule has 3 nitrogen and oxygen atoms in total. The highest BCUT2D eigenvalue weighted by molar-refractivity contribution is 8.33. The third-order valence-electron chi connectivity index (χ3n) is 3.66. The Bertz CT molecular complexity index is 762. The van der Waals surface area contributed by atoms with Crippen LogP contribution in [0.2, 0.25) is 0 Å². The van der Waals surface area contributed by atoms with Crippen LogP contribution in [0.4, 0.5) is 13.2 Å². The summed E-state index contributed by atoms with van der Waals surface area (Å²) in [6.07, 6.45) is 1.26. The third kappa shape index (κ3) is 3.05. The highest BCUT2D eigenvalue weighted by atomic mass is 32.3. The summed E-state index contributed by atoms with van der Waals surface area (Å²) in [4.78, 5) is 0.957. The largest absolute Gasteiger partial charge is 0.523 e. The monoisotopic (exact) mass is 376 g/mol. The number of rotatable bonds is 5. The summed E-state index contributed by atoms with van der Waals surface area (Å²) < 4.78 is 67.6. The fourth-order valence-corrected chi connectivity index (χ4v) is 7.96. The first-order valence-corrected chi connectivity index (χ1v) is 10.2. The lowest BCUT2D eigenvalue weighted by atomic mass is 10.4. The first kappa shape index (κ1) is 17.3. The number of hydrogen-bond donors (Lipinski definition) is 0. The lowest BCUT2D eigenvalue weighted by molar-refractivity contribution is -0.0496. The molecule has 3 rings (SSSR count). The van der Waals surface area contributed by atoms with Crippen LogP contribution < -0.4 is 0 Å². The molecule has 0 spiro atoms. The van der Waals surface area contributed by atoms with E-state index in [0.717, 1.165) is 0 Å². The van der Waals surface area contributed by atoms with Crippen LogP contribution in [0.5, 0.6) is 0 Å². The molecule has 0 amide bonds. The molecule has 0 aliphatic heterocycles. The minimum atomic E-state index is -5.72.